The first-order valence-corrected chi connectivity index (χ1v) is 20.9. The molecule has 4 aliphatic rings. The summed E-state index contributed by atoms with van der Waals surface area (Å²) in [5.74, 6) is 1.50. The first kappa shape index (κ1) is 32.9. The summed E-state index contributed by atoms with van der Waals surface area (Å²) in [6.45, 7) is 0. The van der Waals surface area contributed by atoms with E-state index in [-0.39, 0.29) is 6.17 Å². The average Bonchev–Trinajstić information content (AvgIpc) is 4.07. The molecule has 0 amide bonds. The summed E-state index contributed by atoms with van der Waals surface area (Å²) in [4.78, 5) is 10.7. The Kier molecular flexibility index (Phi) is 6.48. The number of benzene rings is 8. The summed E-state index contributed by atoms with van der Waals surface area (Å²) >= 11 is 0. The molecule has 8 aromatic carbocycles. The van der Waals surface area contributed by atoms with Crippen molar-refractivity contribution in [3.05, 3.63) is 227 Å². The summed E-state index contributed by atoms with van der Waals surface area (Å²) in [5.41, 5.74) is 18.5. The molecule has 61 heavy (non-hydrogen) atoms. The fourth-order valence-electron chi connectivity index (χ4n) is 10.8. The second kappa shape index (κ2) is 12.0. The first-order valence-electron chi connectivity index (χ1n) is 20.9. The van der Waals surface area contributed by atoms with Gasteiger partial charge in [0.1, 0.15) is 23.2 Å². The van der Waals surface area contributed by atoms with E-state index >= 15 is 0 Å². The van der Waals surface area contributed by atoms with Gasteiger partial charge in [0, 0.05) is 38.5 Å². The highest BCUT2D eigenvalue weighted by Crippen LogP contribution is 2.61. The van der Waals surface area contributed by atoms with Crippen molar-refractivity contribution < 1.29 is 4.42 Å². The van der Waals surface area contributed by atoms with E-state index in [0.717, 1.165) is 61.3 Å². The van der Waals surface area contributed by atoms with Gasteiger partial charge in [-0.2, -0.15) is 0 Å². The third-order valence-electron chi connectivity index (χ3n) is 13.4. The average molecular weight is 779 g/mol. The molecule has 1 N–H and O–H groups in total. The van der Waals surface area contributed by atoms with Gasteiger partial charge < -0.3 is 14.3 Å². The van der Waals surface area contributed by atoms with Crippen LogP contribution in [0.25, 0.3) is 78.0 Å². The highest BCUT2D eigenvalue weighted by Gasteiger charge is 2.50. The second-order valence-corrected chi connectivity index (χ2v) is 16.5. The van der Waals surface area contributed by atoms with Crippen molar-refractivity contribution in [1.82, 2.24) is 9.88 Å². The van der Waals surface area contributed by atoms with E-state index in [9.17, 15) is 0 Å². The third kappa shape index (κ3) is 4.44. The molecule has 2 unspecified atom stereocenters. The van der Waals surface area contributed by atoms with Crippen molar-refractivity contribution >= 4 is 50.6 Å². The Balaban J connectivity index is 1.13. The zero-order valence-electron chi connectivity index (χ0n) is 32.8. The maximum Gasteiger partial charge on any atom is 0.159 e. The van der Waals surface area contributed by atoms with E-state index in [1.807, 2.05) is 6.07 Å². The molecule has 5 heteroatoms. The molecule has 284 valence electrons. The van der Waals surface area contributed by atoms with E-state index in [2.05, 4.69) is 198 Å². The third-order valence-corrected chi connectivity index (χ3v) is 13.4. The number of furan rings is 1. The highest BCUT2D eigenvalue weighted by atomic mass is 16.3. The lowest BCUT2D eigenvalue weighted by Crippen LogP contribution is -2.34. The van der Waals surface area contributed by atoms with Gasteiger partial charge in [0.05, 0.1) is 16.6 Å². The van der Waals surface area contributed by atoms with Gasteiger partial charge in [-0.05, 0) is 98.6 Å². The van der Waals surface area contributed by atoms with Crippen LogP contribution in [0.4, 0.5) is 0 Å². The van der Waals surface area contributed by atoms with Crippen LogP contribution in [0.1, 0.15) is 45.2 Å². The zero-order chi connectivity index (χ0) is 39.8. The van der Waals surface area contributed by atoms with Crippen LogP contribution in [-0.4, -0.2) is 16.2 Å². The van der Waals surface area contributed by atoms with Gasteiger partial charge in [-0.3, -0.25) is 0 Å². The SMILES string of the molecule is C1=CC23c4ccccc4-c4c(C5=NC(c6ccccc6)=NC(c6ccccc6)N5)cc(cc42)-c2cccc4oc5ccc(cc5c24)-n2c3c1c1cc(-c3ccccc3)ccc12. The summed E-state index contributed by atoms with van der Waals surface area (Å²) in [7, 11) is 0. The number of allylic oxidation sites excluding steroid dienone is 1. The van der Waals surface area contributed by atoms with Crippen molar-refractivity contribution in [2.24, 2.45) is 9.98 Å². The van der Waals surface area contributed by atoms with Gasteiger partial charge in [-0.25, -0.2) is 9.98 Å². The predicted molar refractivity (Wildman–Crippen MR) is 248 cm³/mol. The Hall–Kier alpha value is -8.02. The quantitative estimate of drug-likeness (QED) is 0.193. The van der Waals surface area contributed by atoms with E-state index in [0.29, 0.717) is 5.84 Å². The van der Waals surface area contributed by atoms with Crippen LogP contribution in [0.2, 0.25) is 0 Å². The Morgan fingerprint density at radius 1 is 0.557 bits per heavy atom. The fraction of sp³-hybridized carbons (Fsp3) is 0.0357. The molecule has 2 aromatic heterocycles. The molecule has 5 nitrogen and oxygen atoms in total. The van der Waals surface area contributed by atoms with Crippen LogP contribution in [0.5, 0.6) is 0 Å². The van der Waals surface area contributed by atoms with Crippen LogP contribution in [-0.2, 0) is 5.41 Å². The summed E-state index contributed by atoms with van der Waals surface area (Å²) in [6, 6.07) is 65.5. The maximum atomic E-state index is 6.65. The van der Waals surface area contributed by atoms with Crippen molar-refractivity contribution in [3.8, 4) is 39.1 Å². The minimum Gasteiger partial charge on any atom is -0.456 e. The minimum atomic E-state index is -0.607. The molecule has 10 aromatic rings. The van der Waals surface area contributed by atoms with Crippen molar-refractivity contribution in [2.45, 2.75) is 11.6 Å². The molecule has 2 atom stereocenters. The standard InChI is InChI=1S/C56H34N4O/c1-4-13-33(14-5-1)36-23-25-47-42(29-36)40-27-28-56-45-21-11-10-19-41(45)50-44(55-58-53(34-15-6-2-7-16-34)57-54(59-55)35-17-8-3-9-18-35)30-37(31-46(50)56)39-20-12-22-49-51(39)43-32-38(60(47)52(40)56)24-26-48(43)61-49/h1-32,53H,(H,57,58,59). The Labute approximate surface area is 351 Å². The minimum absolute atomic E-state index is 0.339. The van der Waals surface area contributed by atoms with Crippen LogP contribution >= 0.6 is 0 Å². The van der Waals surface area contributed by atoms with Crippen LogP contribution < -0.4 is 5.32 Å². The summed E-state index contributed by atoms with van der Waals surface area (Å²) in [6.07, 6.45) is 4.52. The van der Waals surface area contributed by atoms with Crippen molar-refractivity contribution in [1.29, 1.82) is 0 Å². The number of hydrogen-bond donors (Lipinski definition) is 1. The molecule has 0 radical (unpaired) electrons. The largest absolute Gasteiger partial charge is 0.456 e. The summed E-state index contributed by atoms with van der Waals surface area (Å²) < 4.78 is 9.18. The Morgan fingerprint density at radius 2 is 1.33 bits per heavy atom. The van der Waals surface area contributed by atoms with Crippen molar-refractivity contribution in [2.75, 3.05) is 0 Å². The number of aliphatic imine (C=N–C) groups is 2. The lowest BCUT2D eigenvalue weighted by Gasteiger charge is -2.30. The number of fused-ring (bicyclic) bond motifs is 9. The number of nitrogens with zero attached hydrogens (tertiary/aromatic N) is 3. The van der Waals surface area contributed by atoms with Crippen LogP contribution in [0, 0.1) is 0 Å². The molecule has 2 aliphatic heterocycles. The Morgan fingerprint density at radius 3 is 2.18 bits per heavy atom. The highest BCUT2D eigenvalue weighted by molar-refractivity contribution is 6.19. The van der Waals surface area contributed by atoms with Gasteiger partial charge in [0.15, 0.2) is 5.84 Å². The monoisotopic (exact) mass is 778 g/mol. The normalized spacial score (nSPS) is 17.7. The predicted octanol–water partition coefficient (Wildman–Crippen LogP) is 13.0. The molecule has 4 bridgehead atoms. The molecule has 0 saturated carbocycles. The number of hydrogen-bond acceptors (Lipinski definition) is 4. The van der Waals surface area contributed by atoms with E-state index in [1.165, 1.54) is 55.5 Å². The van der Waals surface area contributed by atoms with Gasteiger partial charge in [0.2, 0.25) is 0 Å². The number of aromatic nitrogens is 1. The maximum absolute atomic E-state index is 6.65. The van der Waals surface area contributed by atoms with Crippen molar-refractivity contribution in [3.63, 3.8) is 0 Å². The number of rotatable bonds is 4. The fourth-order valence-corrected chi connectivity index (χ4v) is 10.8. The first-order chi connectivity index (χ1) is 30.2. The lowest BCUT2D eigenvalue weighted by atomic mass is 9.76. The molecule has 0 saturated heterocycles. The lowest BCUT2D eigenvalue weighted by molar-refractivity contribution is 0.669. The molecule has 2 aliphatic carbocycles. The molecule has 14 rings (SSSR count). The number of amidine groups is 2. The van der Waals surface area contributed by atoms with Crippen LogP contribution in [0.15, 0.2) is 202 Å². The molecule has 1 spiro atoms. The van der Waals surface area contributed by atoms with E-state index in [1.54, 1.807) is 0 Å². The molecule has 4 heterocycles. The molecular formula is C56H34N4O. The van der Waals surface area contributed by atoms with Gasteiger partial charge in [0.25, 0.3) is 0 Å². The van der Waals surface area contributed by atoms with E-state index in [4.69, 9.17) is 14.4 Å². The zero-order valence-corrected chi connectivity index (χ0v) is 32.8. The summed E-state index contributed by atoms with van der Waals surface area (Å²) in [5, 5.41) is 7.30. The van der Waals surface area contributed by atoms with Gasteiger partial charge >= 0.3 is 0 Å². The smallest absolute Gasteiger partial charge is 0.159 e. The second-order valence-electron chi connectivity index (χ2n) is 16.5. The van der Waals surface area contributed by atoms with Gasteiger partial charge in [-0.1, -0.05) is 146 Å². The van der Waals surface area contributed by atoms with Gasteiger partial charge in [-0.15, -0.1) is 0 Å². The van der Waals surface area contributed by atoms with E-state index < -0.39 is 5.41 Å². The Bertz CT molecular complexity index is 3610. The number of nitrogens with one attached hydrogen (secondary N) is 1. The topological polar surface area (TPSA) is 54.8 Å². The molecule has 0 fully saturated rings. The van der Waals surface area contributed by atoms with Crippen LogP contribution in [0.3, 0.4) is 0 Å². The molecular weight excluding hydrogens is 745 g/mol.